The van der Waals surface area contributed by atoms with E-state index < -0.39 is 0 Å². The molecule has 0 aliphatic carbocycles. The van der Waals surface area contributed by atoms with Crippen LogP contribution in [-0.4, -0.2) is 11.6 Å². The number of hydrogen-bond acceptors (Lipinski definition) is 2. The lowest BCUT2D eigenvalue weighted by Crippen LogP contribution is -2.31. The van der Waals surface area contributed by atoms with Gasteiger partial charge in [-0.05, 0) is 18.6 Å². The molecular weight excluding hydrogens is 225 g/mol. The number of rotatable bonds is 5. The van der Waals surface area contributed by atoms with Crippen LogP contribution in [0.25, 0.3) is 0 Å². The summed E-state index contributed by atoms with van der Waals surface area (Å²) in [7, 11) is 0. The van der Waals surface area contributed by atoms with Crippen molar-refractivity contribution in [3.8, 4) is 5.75 Å². The van der Waals surface area contributed by atoms with Gasteiger partial charge in [0.25, 0.3) is 0 Å². The molecule has 16 heavy (non-hydrogen) atoms. The average molecular weight is 241 g/mol. The lowest BCUT2D eigenvalue weighted by Gasteiger charge is -2.22. The molecule has 0 saturated carbocycles. The smallest absolute Gasteiger partial charge is 0.126 e. The first-order valence-electron chi connectivity index (χ1n) is 5.10. The summed E-state index contributed by atoms with van der Waals surface area (Å²) in [5.41, 5.74) is 5.36. The first-order chi connectivity index (χ1) is 7.42. The van der Waals surface area contributed by atoms with Crippen LogP contribution in [0.1, 0.15) is 20.3 Å². The summed E-state index contributed by atoms with van der Waals surface area (Å²) in [5, 5.41) is 0. The number of thiocarbonyl (C=S) groups is 1. The fraction of sp³-hybridized carbons (Fsp3) is 0.417. The largest absolute Gasteiger partial charge is 0.493 e. The number of hydrogen-bond donors (Lipinski definition) is 1. The maximum absolute atomic E-state index is 12.8. The maximum atomic E-state index is 12.8. The Bertz CT molecular complexity index is 379. The lowest BCUT2D eigenvalue weighted by atomic mass is 9.90. The zero-order valence-corrected chi connectivity index (χ0v) is 10.3. The average Bonchev–Trinajstić information content (AvgIpc) is 2.17. The van der Waals surface area contributed by atoms with Crippen molar-refractivity contribution in [1.82, 2.24) is 0 Å². The zero-order chi connectivity index (χ0) is 12.2. The van der Waals surface area contributed by atoms with E-state index in [9.17, 15) is 4.39 Å². The molecule has 0 bridgehead atoms. The van der Waals surface area contributed by atoms with E-state index >= 15 is 0 Å². The SMILES string of the molecule is CC(C)(CCOc1cccc(F)c1)C(N)=S. The van der Waals surface area contributed by atoms with Crippen molar-refractivity contribution in [3.05, 3.63) is 30.1 Å². The van der Waals surface area contributed by atoms with Crippen LogP contribution in [0.4, 0.5) is 4.39 Å². The third kappa shape index (κ3) is 3.77. The molecule has 2 nitrogen and oxygen atoms in total. The second-order valence-electron chi connectivity index (χ2n) is 4.30. The van der Waals surface area contributed by atoms with Gasteiger partial charge in [-0.1, -0.05) is 32.1 Å². The van der Waals surface area contributed by atoms with E-state index in [1.165, 1.54) is 12.1 Å². The van der Waals surface area contributed by atoms with Crippen LogP contribution < -0.4 is 10.5 Å². The standard InChI is InChI=1S/C12H16FNOS/c1-12(2,11(14)16)6-7-15-10-5-3-4-9(13)8-10/h3-5,8H,6-7H2,1-2H3,(H2,14,16). The van der Waals surface area contributed by atoms with Gasteiger partial charge in [-0.25, -0.2) is 4.39 Å². The molecule has 4 heteroatoms. The third-order valence-electron chi connectivity index (χ3n) is 2.46. The van der Waals surface area contributed by atoms with Gasteiger partial charge in [0.1, 0.15) is 11.6 Å². The first kappa shape index (κ1) is 12.9. The fourth-order valence-electron chi connectivity index (χ4n) is 1.10. The highest BCUT2D eigenvalue weighted by atomic mass is 32.1. The second kappa shape index (κ2) is 5.25. The molecule has 0 radical (unpaired) electrons. The second-order valence-corrected chi connectivity index (χ2v) is 4.74. The number of nitrogens with two attached hydrogens (primary N) is 1. The van der Waals surface area contributed by atoms with E-state index in [1.54, 1.807) is 12.1 Å². The molecule has 0 aliphatic heterocycles. The first-order valence-corrected chi connectivity index (χ1v) is 5.51. The molecule has 0 atom stereocenters. The van der Waals surface area contributed by atoms with Crippen LogP contribution in [-0.2, 0) is 0 Å². The van der Waals surface area contributed by atoms with Crippen molar-refractivity contribution in [1.29, 1.82) is 0 Å². The molecule has 0 fully saturated rings. The summed E-state index contributed by atoms with van der Waals surface area (Å²) in [4.78, 5) is 0.468. The normalized spacial score (nSPS) is 11.2. The summed E-state index contributed by atoms with van der Waals surface area (Å²) >= 11 is 4.94. The Hall–Kier alpha value is -1.16. The van der Waals surface area contributed by atoms with Gasteiger partial charge in [0, 0.05) is 11.5 Å². The molecule has 0 heterocycles. The van der Waals surface area contributed by atoms with Crippen LogP contribution in [0.15, 0.2) is 24.3 Å². The van der Waals surface area contributed by atoms with E-state index in [0.29, 0.717) is 23.8 Å². The van der Waals surface area contributed by atoms with Crippen LogP contribution >= 0.6 is 12.2 Å². The van der Waals surface area contributed by atoms with Gasteiger partial charge in [0.15, 0.2) is 0 Å². The van der Waals surface area contributed by atoms with Crippen molar-refractivity contribution in [2.24, 2.45) is 11.1 Å². The Morgan fingerprint density at radius 1 is 1.50 bits per heavy atom. The highest BCUT2D eigenvalue weighted by Gasteiger charge is 2.21. The lowest BCUT2D eigenvalue weighted by molar-refractivity contribution is 0.269. The quantitative estimate of drug-likeness (QED) is 0.805. The Morgan fingerprint density at radius 3 is 2.75 bits per heavy atom. The van der Waals surface area contributed by atoms with Crippen LogP contribution in [0.5, 0.6) is 5.75 Å². The molecule has 1 aromatic carbocycles. The van der Waals surface area contributed by atoms with Crippen molar-refractivity contribution >= 4 is 17.2 Å². The molecule has 0 amide bonds. The Balaban J connectivity index is 2.45. The Labute approximate surface area is 101 Å². The predicted octanol–water partition coefficient (Wildman–Crippen LogP) is 2.91. The summed E-state index contributed by atoms with van der Waals surface area (Å²) in [6.45, 7) is 4.39. The van der Waals surface area contributed by atoms with E-state index in [0.717, 1.165) is 0 Å². The Kier molecular flexibility index (Phi) is 4.24. The van der Waals surface area contributed by atoms with E-state index in [4.69, 9.17) is 22.7 Å². The topological polar surface area (TPSA) is 35.2 Å². The number of benzene rings is 1. The summed E-state index contributed by atoms with van der Waals surface area (Å²) in [6, 6.07) is 6.07. The van der Waals surface area contributed by atoms with Crippen molar-refractivity contribution in [3.63, 3.8) is 0 Å². The summed E-state index contributed by atoms with van der Waals surface area (Å²) in [6.07, 6.45) is 0.707. The summed E-state index contributed by atoms with van der Waals surface area (Å²) < 4.78 is 18.3. The van der Waals surface area contributed by atoms with Gasteiger partial charge in [0.2, 0.25) is 0 Å². The number of ether oxygens (including phenoxy) is 1. The fourth-order valence-corrected chi connectivity index (χ4v) is 1.21. The van der Waals surface area contributed by atoms with Crippen molar-refractivity contribution in [2.75, 3.05) is 6.61 Å². The van der Waals surface area contributed by atoms with Gasteiger partial charge >= 0.3 is 0 Å². The molecule has 0 aliphatic rings. The molecule has 0 unspecified atom stereocenters. The monoisotopic (exact) mass is 241 g/mol. The zero-order valence-electron chi connectivity index (χ0n) is 9.50. The van der Waals surface area contributed by atoms with Crippen LogP contribution in [0, 0.1) is 11.2 Å². The molecule has 0 spiro atoms. The minimum absolute atomic E-state index is 0.233. The van der Waals surface area contributed by atoms with Gasteiger partial charge in [-0.15, -0.1) is 0 Å². The minimum Gasteiger partial charge on any atom is -0.493 e. The number of halogens is 1. The minimum atomic E-state index is -0.300. The predicted molar refractivity (Wildman–Crippen MR) is 67.1 cm³/mol. The van der Waals surface area contributed by atoms with Gasteiger partial charge in [-0.3, -0.25) is 0 Å². The van der Waals surface area contributed by atoms with Crippen LogP contribution in [0.2, 0.25) is 0 Å². The highest BCUT2D eigenvalue weighted by molar-refractivity contribution is 7.80. The maximum Gasteiger partial charge on any atom is 0.126 e. The van der Waals surface area contributed by atoms with E-state index in [-0.39, 0.29) is 11.2 Å². The third-order valence-corrected chi connectivity index (χ3v) is 3.01. The molecule has 0 aromatic heterocycles. The Morgan fingerprint density at radius 2 is 2.19 bits per heavy atom. The molecular formula is C12H16FNOS. The van der Waals surface area contributed by atoms with Crippen molar-refractivity contribution in [2.45, 2.75) is 20.3 Å². The molecule has 1 aromatic rings. The molecule has 2 N–H and O–H groups in total. The molecule has 1 rings (SSSR count). The van der Waals surface area contributed by atoms with Gasteiger partial charge < -0.3 is 10.5 Å². The van der Waals surface area contributed by atoms with Gasteiger partial charge in [-0.2, -0.15) is 0 Å². The highest BCUT2D eigenvalue weighted by Crippen LogP contribution is 2.21. The van der Waals surface area contributed by atoms with Crippen molar-refractivity contribution < 1.29 is 9.13 Å². The van der Waals surface area contributed by atoms with E-state index in [1.807, 2.05) is 13.8 Å². The van der Waals surface area contributed by atoms with E-state index in [2.05, 4.69) is 0 Å². The van der Waals surface area contributed by atoms with Gasteiger partial charge in [0.05, 0.1) is 11.6 Å². The van der Waals surface area contributed by atoms with Crippen LogP contribution in [0.3, 0.4) is 0 Å². The summed E-state index contributed by atoms with van der Waals surface area (Å²) in [5.74, 6) is 0.227. The molecule has 0 saturated heterocycles. The molecule has 88 valence electrons.